The van der Waals surface area contributed by atoms with Gasteiger partial charge in [-0.2, -0.15) is 15.0 Å². The molecule has 2 aromatic carbocycles. The molecule has 0 saturated carbocycles. The first kappa shape index (κ1) is 17.1. The summed E-state index contributed by atoms with van der Waals surface area (Å²) < 4.78 is 0. The Morgan fingerprint density at radius 3 is 1.44 bits per heavy atom. The van der Waals surface area contributed by atoms with E-state index in [4.69, 9.17) is 23.1 Å². The summed E-state index contributed by atoms with van der Waals surface area (Å²) in [6.45, 7) is 0.990. The molecule has 0 unspecified atom stereocenters. The van der Waals surface area contributed by atoms with Crippen LogP contribution in [0.1, 0.15) is 11.1 Å². The molecule has 7 nitrogen and oxygen atoms in total. The van der Waals surface area contributed by atoms with Gasteiger partial charge in [0.05, 0.1) is 0 Å². The number of anilines is 4. The van der Waals surface area contributed by atoms with Crippen LogP contribution in [-0.4, -0.2) is 15.0 Å². The van der Waals surface area contributed by atoms with Crippen molar-refractivity contribution in [1.29, 1.82) is 0 Å². The maximum absolute atomic E-state index is 6.00. The van der Waals surface area contributed by atoms with Crippen LogP contribution >= 0.6 is 11.6 Å². The van der Waals surface area contributed by atoms with Crippen molar-refractivity contribution in [3.8, 4) is 0 Å². The topological polar surface area (TPSA) is 115 Å². The van der Waals surface area contributed by atoms with Gasteiger partial charge in [-0.15, -0.1) is 0 Å². The quantitative estimate of drug-likeness (QED) is 0.537. The highest BCUT2D eigenvalue weighted by atomic mass is 35.5. The first-order chi connectivity index (χ1) is 12.2. The number of rotatable bonds is 6. The predicted octanol–water partition coefficient (Wildman–Crippen LogP) is 2.93. The van der Waals surface area contributed by atoms with Crippen LogP contribution in [0.25, 0.3) is 0 Å². The number of hydrogen-bond acceptors (Lipinski definition) is 7. The van der Waals surface area contributed by atoms with Crippen molar-refractivity contribution in [2.24, 2.45) is 11.5 Å². The van der Waals surface area contributed by atoms with Gasteiger partial charge in [-0.1, -0.05) is 24.3 Å². The summed E-state index contributed by atoms with van der Waals surface area (Å²) in [6, 6.07) is 15.3. The molecular weight excluding hydrogens is 338 g/mol. The molecular formula is C17H18ClN7. The second kappa shape index (κ2) is 7.89. The van der Waals surface area contributed by atoms with Crippen molar-refractivity contribution in [2.45, 2.75) is 13.1 Å². The molecule has 0 saturated heterocycles. The Bertz CT molecular complexity index is 767. The van der Waals surface area contributed by atoms with Gasteiger partial charge in [-0.05, 0) is 47.0 Å². The standard InChI is InChI=1S/C17H18ClN7/c18-15-23-16(21-13-5-1-11(9-19)2-6-13)25-17(24-15)22-14-7-3-12(10-20)4-8-14/h1-8H,9-10,19-20H2,(H2,21,22,23,24,25). The minimum Gasteiger partial charge on any atom is -0.326 e. The minimum atomic E-state index is 0.0946. The zero-order valence-electron chi connectivity index (χ0n) is 13.4. The van der Waals surface area contributed by atoms with Gasteiger partial charge in [0.25, 0.3) is 0 Å². The summed E-state index contributed by atoms with van der Waals surface area (Å²) in [5.74, 6) is 0.697. The fourth-order valence-corrected chi connectivity index (χ4v) is 2.33. The third-order valence-electron chi connectivity index (χ3n) is 3.50. The Labute approximate surface area is 150 Å². The maximum atomic E-state index is 6.00. The third-order valence-corrected chi connectivity index (χ3v) is 3.67. The number of nitrogens with one attached hydrogen (secondary N) is 2. The summed E-state index contributed by atoms with van der Waals surface area (Å²) in [5, 5.41) is 6.29. The zero-order chi connectivity index (χ0) is 17.6. The van der Waals surface area contributed by atoms with E-state index in [-0.39, 0.29) is 5.28 Å². The molecule has 1 aromatic heterocycles. The highest BCUT2D eigenvalue weighted by Crippen LogP contribution is 2.19. The number of hydrogen-bond donors (Lipinski definition) is 4. The lowest BCUT2D eigenvalue weighted by atomic mass is 10.2. The molecule has 128 valence electrons. The lowest BCUT2D eigenvalue weighted by Gasteiger charge is -2.09. The van der Waals surface area contributed by atoms with Crippen molar-refractivity contribution >= 4 is 34.9 Å². The van der Waals surface area contributed by atoms with Crippen molar-refractivity contribution < 1.29 is 0 Å². The van der Waals surface area contributed by atoms with Gasteiger partial charge < -0.3 is 22.1 Å². The molecule has 1 heterocycles. The normalized spacial score (nSPS) is 10.5. The van der Waals surface area contributed by atoms with Crippen LogP contribution in [0.3, 0.4) is 0 Å². The number of nitrogens with two attached hydrogens (primary N) is 2. The average molecular weight is 356 g/mol. The number of halogens is 1. The first-order valence-electron chi connectivity index (χ1n) is 7.70. The van der Waals surface area contributed by atoms with Gasteiger partial charge in [-0.3, -0.25) is 0 Å². The molecule has 0 amide bonds. The molecule has 0 aliphatic rings. The van der Waals surface area contributed by atoms with Crippen molar-refractivity contribution in [3.63, 3.8) is 0 Å². The highest BCUT2D eigenvalue weighted by Gasteiger charge is 2.06. The Morgan fingerprint density at radius 2 is 1.08 bits per heavy atom. The van der Waals surface area contributed by atoms with Crippen LogP contribution in [0, 0.1) is 0 Å². The fourth-order valence-electron chi connectivity index (χ4n) is 2.17. The van der Waals surface area contributed by atoms with Crippen LogP contribution in [0.2, 0.25) is 5.28 Å². The second-order valence-corrected chi connectivity index (χ2v) is 5.64. The van der Waals surface area contributed by atoms with Crippen LogP contribution in [0.15, 0.2) is 48.5 Å². The number of benzene rings is 2. The zero-order valence-corrected chi connectivity index (χ0v) is 14.2. The Morgan fingerprint density at radius 1 is 0.680 bits per heavy atom. The molecule has 0 fully saturated rings. The molecule has 0 atom stereocenters. The monoisotopic (exact) mass is 355 g/mol. The van der Waals surface area contributed by atoms with E-state index >= 15 is 0 Å². The van der Waals surface area contributed by atoms with Crippen molar-refractivity contribution in [1.82, 2.24) is 15.0 Å². The van der Waals surface area contributed by atoms with Crippen LogP contribution < -0.4 is 22.1 Å². The van der Waals surface area contributed by atoms with E-state index in [2.05, 4.69) is 25.6 Å². The molecule has 0 aliphatic heterocycles. The summed E-state index contributed by atoms with van der Waals surface area (Å²) in [7, 11) is 0. The summed E-state index contributed by atoms with van der Waals surface area (Å²) in [5.41, 5.74) is 14.9. The lowest BCUT2D eigenvalue weighted by Crippen LogP contribution is -2.04. The van der Waals surface area contributed by atoms with Crippen LogP contribution in [0.5, 0.6) is 0 Å². The van der Waals surface area contributed by atoms with Gasteiger partial charge in [0.1, 0.15) is 0 Å². The molecule has 0 bridgehead atoms. The van der Waals surface area contributed by atoms with Gasteiger partial charge in [0.2, 0.25) is 17.2 Å². The summed E-state index contributed by atoms with van der Waals surface area (Å²) in [4.78, 5) is 12.5. The molecule has 6 N–H and O–H groups in total. The molecule has 8 heteroatoms. The van der Waals surface area contributed by atoms with E-state index in [1.807, 2.05) is 48.5 Å². The predicted molar refractivity (Wildman–Crippen MR) is 100 cm³/mol. The van der Waals surface area contributed by atoms with E-state index in [1.165, 1.54) is 0 Å². The van der Waals surface area contributed by atoms with Crippen LogP contribution in [0.4, 0.5) is 23.3 Å². The smallest absolute Gasteiger partial charge is 0.233 e. The van der Waals surface area contributed by atoms with Crippen molar-refractivity contribution in [2.75, 3.05) is 10.6 Å². The van der Waals surface area contributed by atoms with E-state index in [9.17, 15) is 0 Å². The van der Waals surface area contributed by atoms with E-state index in [0.29, 0.717) is 25.0 Å². The van der Waals surface area contributed by atoms with Gasteiger partial charge in [-0.25, -0.2) is 0 Å². The van der Waals surface area contributed by atoms with Gasteiger partial charge in [0, 0.05) is 24.5 Å². The molecule has 3 aromatic rings. The Hall–Kier alpha value is -2.74. The lowest BCUT2D eigenvalue weighted by molar-refractivity contribution is 1.05. The third kappa shape index (κ3) is 4.63. The number of aromatic nitrogens is 3. The van der Waals surface area contributed by atoms with Gasteiger partial charge >= 0.3 is 0 Å². The van der Waals surface area contributed by atoms with E-state index in [1.54, 1.807) is 0 Å². The fraction of sp³-hybridized carbons (Fsp3) is 0.118. The van der Waals surface area contributed by atoms with E-state index < -0.39 is 0 Å². The van der Waals surface area contributed by atoms with E-state index in [0.717, 1.165) is 22.5 Å². The molecule has 25 heavy (non-hydrogen) atoms. The van der Waals surface area contributed by atoms with Crippen molar-refractivity contribution in [3.05, 3.63) is 64.9 Å². The largest absolute Gasteiger partial charge is 0.326 e. The van der Waals surface area contributed by atoms with Gasteiger partial charge in [0.15, 0.2) is 0 Å². The maximum Gasteiger partial charge on any atom is 0.233 e. The number of nitrogens with zero attached hydrogens (tertiary/aromatic N) is 3. The molecule has 0 spiro atoms. The average Bonchev–Trinajstić information content (AvgIpc) is 2.62. The van der Waals surface area contributed by atoms with Crippen LogP contribution in [-0.2, 0) is 13.1 Å². The molecule has 0 radical (unpaired) electrons. The minimum absolute atomic E-state index is 0.0946. The Kier molecular flexibility index (Phi) is 5.39. The molecule has 0 aliphatic carbocycles. The SMILES string of the molecule is NCc1ccc(Nc2nc(Cl)nc(Nc3ccc(CN)cc3)n2)cc1. The second-order valence-electron chi connectivity index (χ2n) is 5.30. The molecule has 3 rings (SSSR count). The first-order valence-corrected chi connectivity index (χ1v) is 8.07. The summed E-state index contributed by atoms with van der Waals surface area (Å²) >= 11 is 6.00. The summed E-state index contributed by atoms with van der Waals surface area (Å²) in [6.07, 6.45) is 0. The highest BCUT2D eigenvalue weighted by molar-refractivity contribution is 6.28. The Balaban J connectivity index is 1.76.